The smallest absolute Gasteiger partial charge is 0.244 e. The highest BCUT2D eigenvalue weighted by molar-refractivity contribution is 7.99. The van der Waals surface area contributed by atoms with E-state index in [-0.39, 0.29) is 12.3 Å². The Balaban J connectivity index is 2.00. The van der Waals surface area contributed by atoms with Crippen LogP contribution in [0.1, 0.15) is 18.1 Å². The zero-order valence-corrected chi connectivity index (χ0v) is 14.9. The maximum atomic E-state index is 12.0. The summed E-state index contributed by atoms with van der Waals surface area (Å²) in [5.74, 6) is 0.731. The number of amides is 1. The monoisotopic (exact) mass is 366 g/mol. The first-order valence-electron chi connectivity index (χ1n) is 7.07. The lowest BCUT2D eigenvalue weighted by Gasteiger charge is -2.08. The molecule has 0 radical (unpaired) electrons. The van der Waals surface area contributed by atoms with Gasteiger partial charge in [0.1, 0.15) is 0 Å². The van der Waals surface area contributed by atoms with Crippen LogP contribution in [-0.4, -0.2) is 17.9 Å². The van der Waals surface area contributed by atoms with Crippen LogP contribution in [0.3, 0.4) is 0 Å². The van der Waals surface area contributed by atoms with Crippen molar-refractivity contribution in [2.24, 2.45) is 5.10 Å². The molecule has 0 saturated heterocycles. The number of carbonyl (C=O) groups is 1. The number of hydrazone groups is 1. The van der Waals surface area contributed by atoms with E-state index in [9.17, 15) is 4.79 Å². The van der Waals surface area contributed by atoms with Gasteiger partial charge in [-0.3, -0.25) is 4.79 Å². The summed E-state index contributed by atoms with van der Waals surface area (Å²) in [6, 6.07) is 12.9. The number of hydrogen-bond donors (Lipinski definition) is 1. The summed E-state index contributed by atoms with van der Waals surface area (Å²) < 4.78 is 0. The van der Waals surface area contributed by atoms with Gasteiger partial charge in [0.15, 0.2) is 0 Å². The van der Waals surface area contributed by atoms with Gasteiger partial charge in [-0.1, -0.05) is 48.3 Å². The van der Waals surface area contributed by atoms with Gasteiger partial charge in [0.25, 0.3) is 0 Å². The highest BCUT2D eigenvalue weighted by Gasteiger charge is 2.08. The van der Waals surface area contributed by atoms with Gasteiger partial charge in [-0.05, 0) is 35.6 Å². The predicted octanol–water partition coefficient (Wildman–Crippen LogP) is 4.80. The van der Waals surface area contributed by atoms with Crippen LogP contribution in [0.15, 0.2) is 52.5 Å². The third-order valence-electron chi connectivity index (χ3n) is 2.97. The zero-order chi connectivity index (χ0) is 16.7. The first-order chi connectivity index (χ1) is 11.1. The first-order valence-corrected chi connectivity index (χ1v) is 8.82. The fraction of sp³-hybridized carbons (Fsp3) is 0.176. The average Bonchev–Trinajstić information content (AvgIpc) is 2.52. The summed E-state index contributed by atoms with van der Waals surface area (Å²) in [5, 5.41) is 5.15. The number of nitrogens with zero attached hydrogens (tertiary/aromatic N) is 1. The van der Waals surface area contributed by atoms with Crippen molar-refractivity contribution in [3.8, 4) is 0 Å². The van der Waals surface area contributed by atoms with E-state index in [0.29, 0.717) is 10.0 Å². The normalized spacial score (nSPS) is 10.9. The van der Waals surface area contributed by atoms with Gasteiger partial charge in [-0.15, -0.1) is 11.8 Å². The third kappa shape index (κ3) is 5.57. The number of rotatable bonds is 6. The summed E-state index contributed by atoms with van der Waals surface area (Å²) >= 11 is 13.7. The summed E-state index contributed by atoms with van der Waals surface area (Å²) in [7, 11) is 0. The summed E-state index contributed by atoms with van der Waals surface area (Å²) in [6.07, 6.45) is 1.75. The van der Waals surface area contributed by atoms with Crippen molar-refractivity contribution in [1.82, 2.24) is 5.43 Å². The molecular formula is C17H16Cl2N2OS. The van der Waals surface area contributed by atoms with Crippen LogP contribution in [0.4, 0.5) is 0 Å². The Morgan fingerprint density at radius 3 is 2.78 bits per heavy atom. The Labute approximate surface area is 150 Å². The summed E-state index contributed by atoms with van der Waals surface area (Å²) in [6.45, 7) is 2.07. The Morgan fingerprint density at radius 1 is 1.26 bits per heavy atom. The minimum atomic E-state index is -0.200. The second-order valence-corrected chi connectivity index (χ2v) is 6.83. The number of hydrogen-bond acceptors (Lipinski definition) is 3. The number of nitrogens with one attached hydrogen (secondary N) is 1. The van der Waals surface area contributed by atoms with Crippen molar-refractivity contribution in [3.05, 3.63) is 63.6 Å². The fourth-order valence-electron chi connectivity index (χ4n) is 1.95. The molecule has 2 rings (SSSR count). The quantitative estimate of drug-likeness (QED) is 0.453. The number of thioether (sulfide) groups is 1. The molecule has 2 aromatic rings. The molecule has 1 N–H and O–H groups in total. The highest BCUT2D eigenvalue weighted by Crippen LogP contribution is 2.26. The lowest BCUT2D eigenvalue weighted by molar-refractivity contribution is -0.120. The predicted molar refractivity (Wildman–Crippen MR) is 98.7 cm³/mol. The summed E-state index contributed by atoms with van der Waals surface area (Å²) in [5.41, 5.74) is 4.16. The Bertz CT molecular complexity index is 719. The maximum Gasteiger partial charge on any atom is 0.244 e. The minimum absolute atomic E-state index is 0.200. The van der Waals surface area contributed by atoms with Crippen LogP contribution in [0.5, 0.6) is 0 Å². The molecule has 0 atom stereocenters. The topological polar surface area (TPSA) is 41.5 Å². The second-order valence-electron chi connectivity index (χ2n) is 4.68. The molecule has 0 unspecified atom stereocenters. The van der Waals surface area contributed by atoms with Crippen LogP contribution < -0.4 is 5.43 Å². The molecule has 0 aliphatic rings. The molecule has 3 nitrogen and oxygen atoms in total. The lowest BCUT2D eigenvalue weighted by Crippen LogP contribution is -2.20. The average molecular weight is 367 g/mol. The van der Waals surface area contributed by atoms with Crippen LogP contribution >= 0.6 is 35.0 Å². The fourth-order valence-corrected chi connectivity index (χ4v) is 3.12. The van der Waals surface area contributed by atoms with E-state index in [1.54, 1.807) is 17.8 Å². The minimum Gasteiger partial charge on any atom is -0.273 e. The Kier molecular flexibility index (Phi) is 6.96. The SMILES string of the molecule is CCSc1ccc(Cl)cc1CC(=O)N/N=C\c1ccccc1Cl. The molecule has 0 bridgehead atoms. The van der Waals surface area contributed by atoms with Crippen LogP contribution in [-0.2, 0) is 11.2 Å². The molecule has 0 spiro atoms. The number of halogens is 2. The summed E-state index contributed by atoms with van der Waals surface area (Å²) in [4.78, 5) is 13.1. The van der Waals surface area contributed by atoms with Gasteiger partial charge >= 0.3 is 0 Å². The van der Waals surface area contributed by atoms with E-state index >= 15 is 0 Å². The van der Waals surface area contributed by atoms with E-state index in [1.165, 1.54) is 6.21 Å². The van der Waals surface area contributed by atoms with Gasteiger partial charge in [0.2, 0.25) is 5.91 Å². The molecule has 23 heavy (non-hydrogen) atoms. The largest absolute Gasteiger partial charge is 0.273 e. The zero-order valence-electron chi connectivity index (χ0n) is 12.6. The molecule has 0 aliphatic carbocycles. The molecule has 120 valence electrons. The van der Waals surface area contributed by atoms with Gasteiger partial charge in [0, 0.05) is 20.5 Å². The van der Waals surface area contributed by atoms with Crippen molar-refractivity contribution in [3.63, 3.8) is 0 Å². The molecule has 0 heterocycles. The molecule has 0 saturated carbocycles. The van der Waals surface area contributed by atoms with Gasteiger partial charge in [0.05, 0.1) is 12.6 Å². The highest BCUT2D eigenvalue weighted by atomic mass is 35.5. The van der Waals surface area contributed by atoms with E-state index < -0.39 is 0 Å². The van der Waals surface area contributed by atoms with E-state index in [0.717, 1.165) is 21.8 Å². The van der Waals surface area contributed by atoms with Crippen LogP contribution in [0, 0.1) is 0 Å². The molecule has 0 fully saturated rings. The second kappa shape index (κ2) is 8.96. The van der Waals surface area contributed by atoms with Gasteiger partial charge in [-0.25, -0.2) is 5.43 Å². The van der Waals surface area contributed by atoms with Crippen molar-refractivity contribution in [2.45, 2.75) is 18.2 Å². The number of carbonyl (C=O) groups excluding carboxylic acids is 1. The van der Waals surface area contributed by atoms with Crippen LogP contribution in [0.25, 0.3) is 0 Å². The number of benzene rings is 2. The maximum absolute atomic E-state index is 12.0. The molecule has 0 aliphatic heterocycles. The molecule has 6 heteroatoms. The van der Waals surface area contributed by atoms with Crippen molar-refractivity contribution < 1.29 is 4.79 Å². The van der Waals surface area contributed by atoms with Crippen LogP contribution in [0.2, 0.25) is 10.0 Å². The molecular weight excluding hydrogens is 351 g/mol. The standard InChI is InChI=1S/C17H16Cl2N2OS/c1-2-23-16-8-7-14(18)9-13(16)10-17(22)21-20-11-12-5-3-4-6-15(12)19/h3-9,11H,2,10H2,1H3,(H,21,22)/b20-11-. The van der Waals surface area contributed by atoms with Gasteiger partial charge in [-0.2, -0.15) is 5.10 Å². The lowest BCUT2D eigenvalue weighted by atomic mass is 10.1. The van der Waals surface area contributed by atoms with Crippen molar-refractivity contribution in [2.75, 3.05) is 5.75 Å². The molecule has 0 aromatic heterocycles. The third-order valence-corrected chi connectivity index (χ3v) is 4.55. The van der Waals surface area contributed by atoms with E-state index in [1.807, 2.05) is 36.4 Å². The molecule has 2 aromatic carbocycles. The molecule has 1 amide bonds. The van der Waals surface area contributed by atoms with Gasteiger partial charge < -0.3 is 0 Å². The van der Waals surface area contributed by atoms with E-state index in [4.69, 9.17) is 23.2 Å². The first kappa shape index (κ1) is 17.9. The van der Waals surface area contributed by atoms with Crippen molar-refractivity contribution in [1.29, 1.82) is 0 Å². The Hall–Kier alpha value is -1.49. The Morgan fingerprint density at radius 2 is 2.04 bits per heavy atom. The van der Waals surface area contributed by atoms with Crippen molar-refractivity contribution >= 4 is 47.1 Å². The van der Waals surface area contributed by atoms with E-state index in [2.05, 4.69) is 17.5 Å².